The van der Waals surface area contributed by atoms with Crippen molar-refractivity contribution in [1.82, 2.24) is 0 Å². The van der Waals surface area contributed by atoms with Gasteiger partial charge in [0, 0.05) is 30.8 Å². The third kappa shape index (κ3) is 4.50. The summed E-state index contributed by atoms with van der Waals surface area (Å²) < 4.78 is 0. The van der Waals surface area contributed by atoms with Gasteiger partial charge in [-0.2, -0.15) is 0 Å². The molecule has 0 spiro atoms. The Balaban J connectivity index is 1.71. The molecule has 0 bridgehead atoms. The lowest BCUT2D eigenvalue weighted by Gasteiger charge is -2.38. The number of nitrogens with one attached hydrogen (secondary N) is 1. The molecule has 2 unspecified atom stereocenters. The summed E-state index contributed by atoms with van der Waals surface area (Å²) in [6.07, 6.45) is 0.126. The van der Waals surface area contributed by atoms with Gasteiger partial charge in [0.2, 0.25) is 11.8 Å². The molecule has 3 aromatic carbocycles. The van der Waals surface area contributed by atoms with Gasteiger partial charge in [0.1, 0.15) is 0 Å². The Bertz CT molecular complexity index is 1160. The highest BCUT2D eigenvalue weighted by Gasteiger charge is 2.40. The Labute approximate surface area is 203 Å². The number of carbonyl (C=O) groups excluding carboxylic acids is 2. The number of hydrogen-bond donors (Lipinski definition) is 1. The van der Waals surface area contributed by atoms with Crippen LogP contribution in [0.4, 0.5) is 11.4 Å². The number of rotatable bonds is 6. The smallest absolute Gasteiger partial charge is 0.231 e. The van der Waals surface area contributed by atoms with Crippen LogP contribution in [0.5, 0.6) is 0 Å². The topological polar surface area (TPSA) is 49.4 Å². The van der Waals surface area contributed by atoms with Gasteiger partial charge in [0.25, 0.3) is 0 Å². The van der Waals surface area contributed by atoms with Crippen LogP contribution in [0.15, 0.2) is 72.8 Å². The Morgan fingerprint density at radius 1 is 0.853 bits per heavy atom. The molecule has 0 saturated heterocycles. The van der Waals surface area contributed by atoms with E-state index in [1.807, 2.05) is 36.4 Å². The van der Waals surface area contributed by atoms with Crippen LogP contribution in [-0.4, -0.2) is 18.9 Å². The zero-order chi connectivity index (χ0) is 24.4. The van der Waals surface area contributed by atoms with Crippen molar-refractivity contribution in [1.29, 1.82) is 0 Å². The second kappa shape index (κ2) is 9.84. The van der Waals surface area contributed by atoms with E-state index in [1.54, 1.807) is 11.9 Å². The molecule has 1 heterocycles. The van der Waals surface area contributed by atoms with Crippen molar-refractivity contribution >= 4 is 23.2 Å². The van der Waals surface area contributed by atoms with Crippen LogP contribution in [0.25, 0.3) is 0 Å². The molecular weight excluding hydrogens is 420 g/mol. The molecule has 4 rings (SSSR count). The standard InChI is InChI=1S/C30H34N2O2/c1-19(2)22-15-11-16-23(20(3)4)29(22)31-27(33)18-25-28(21-12-7-6-8-13-21)24-14-9-10-17-26(24)32(5)30(25)34/h6-17,19-20,25,28H,18H2,1-5H3,(H,31,33). The molecule has 4 nitrogen and oxygen atoms in total. The lowest BCUT2D eigenvalue weighted by atomic mass is 9.75. The molecule has 0 saturated carbocycles. The molecule has 3 aromatic rings. The highest BCUT2D eigenvalue weighted by atomic mass is 16.2. The molecule has 1 aliphatic rings. The Morgan fingerprint density at radius 2 is 1.44 bits per heavy atom. The van der Waals surface area contributed by atoms with Gasteiger partial charge >= 0.3 is 0 Å². The zero-order valence-corrected chi connectivity index (χ0v) is 20.7. The molecule has 176 valence electrons. The maximum atomic E-state index is 13.6. The molecule has 0 fully saturated rings. The van der Waals surface area contributed by atoms with Crippen molar-refractivity contribution in [2.45, 2.75) is 51.9 Å². The summed E-state index contributed by atoms with van der Waals surface area (Å²) in [5.74, 6) is -0.237. The first kappa shape index (κ1) is 23.7. The van der Waals surface area contributed by atoms with E-state index in [0.29, 0.717) is 0 Å². The molecule has 34 heavy (non-hydrogen) atoms. The minimum Gasteiger partial charge on any atom is -0.326 e. The monoisotopic (exact) mass is 454 g/mol. The second-order valence-electron chi connectivity index (χ2n) is 9.82. The normalized spacial score (nSPS) is 17.7. The van der Waals surface area contributed by atoms with E-state index in [9.17, 15) is 9.59 Å². The van der Waals surface area contributed by atoms with E-state index in [0.717, 1.165) is 33.6 Å². The summed E-state index contributed by atoms with van der Waals surface area (Å²) in [5, 5.41) is 3.21. The quantitative estimate of drug-likeness (QED) is 0.451. The fraction of sp³-hybridized carbons (Fsp3) is 0.333. The molecule has 4 heteroatoms. The van der Waals surface area contributed by atoms with Gasteiger partial charge in [-0.25, -0.2) is 0 Å². The van der Waals surface area contributed by atoms with Crippen molar-refractivity contribution in [3.8, 4) is 0 Å². The number of amides is 2. The SMILES string of the molecule is CC(C)c1cccc(C(C)C)c1NC(=O)CC1C(=O)N(C)c2ccccc2C1c1ccccc1. The third-order valence-corrected chi connectivity index (χ3v) is 6.88. The second-order valence-corrected chi connectivity index (χ2v) is 9.82. The maximum Gasteiger partial charge on any atom is 0.231 e. The number of para-hydroxylation sites is 2. The molecule has 1 aliphatic heterocycles. The molecule has 2 amide bonds. The van der Waals surface area contributed by atoms with Crippen molar-refractivity contribution in [2.24, 2.45) is 5.92 Å². The molecule has 2 atom stereocenters. The van der Waals surface area contributed by atoms with Crippen LogP contribution in [0, 0.1) is 5.92 Å². The summed E-state index contributed by atoms with van der Waals surface area (Å²) in [6, 6.07) is 24.3. The van der Waals surface area contributed by atoms with E-state index in [-0.39, 0.29) is 36.0 Å². The van der Waals surface area contributed by atoms with Crippen molar-refractivity contribution in [3.63, 3.8) is 0 Å². The van der Waals surface area contributed by atoms with E-state index in [4.69, 9.17) is 0 Å². The highest BCUT2D eigenvalue weighted by Crippen LogP contribution is 2.44. The van der Waals surface area contributed by atoms with Crippen LogP contribution < -0.4 is 10.2 Å². The molecular formula is C30H34N2O2. The van der Waals surface area contributed by atoms with Gasteiger partial charge < -0.3 is 10.2 Å². The average Bonchev–Trinajstić information content (AvgIpc) is 2.83. The van der Waals surface area contributed by atoms with Crippen LogP contribution in [0.1, 0.15) is 74.1 Å². The summed E-state index contributed by atoms with van der Waals surface area (Å²) in [4.78, 5) is 28.7. The molecule has 1 N–H and O–H groups in total. The minimum absolute atomic E-state index is 0.0241. The average molecular weight is 455 g/mol. The van der Waals surface area contributed by atoms with Crippen LogP contribution in [0.2, 0.25) is 0 Å². The van der Waals surface area contributed by atoms with E-state index in [1.165, 1.54) is 0 Å². The Kier molecular flexibility index (Phi) is 6.87. The number of nitrogens with zero attached hydrogens (tertiary/aromatic N) is 1. The van der Waals surface area contributed by atoms with E-state index < -0.39 is 5.92 Å². The first-order valence-electron chi connectivity index (χ1n) is 12.1. The summed E-state index contributed by atoms with van der Waals surface area (Å²) in [6.45, 7) is 8.54. The lowest BCUT2D eigenvalue weighted by Crippen LogP contribution is -2.43. The summed E-state index contributed by atoms with van der Waals surface area (Å²) in [5.41, 5.74) is 6.18. The van der Waals surface area contributed by atoms with Crippen molar-refractivity contribution < 1.29 is 9.59 Å². The number of benzene rings is 3. The summed E-state index contributed by atoms with van der Waals surface area (Å²) in [7, 11) is 1.80. The largest absolute Gasteiger partial charge is 0.326 e. The van der Waals surface area contributed by atoms with Gasteiger partial charge in [0.05, 0.1) is 5.92 Å². The minimum atomic E-state index is -0.476. The Morgan fingerprint density at radius 3 is 2.06 bits per heavy atom. The highest BCUT2D eigenvalue weighted by molar-refractivity contribution is 6.03. The first-order chi connectivity index (χ1) is 16.3. The molecule has 0 radical (unpaired) electrons. The number of anilines is 2. The van der Waals surface area contributed by atoms with Crippen LogP contribution in [0.3, 0.4) is 0 Å². The first-order valence-corrected chi connectivity index (χ1v) is 12.1. The Hall–Kier alpha value is -3.40. The molecule has 0 aromatic heterocycles. The molecule has 0 aliphatic carbocycles. The van der Waals surface area contributed by atoms with E-state index in [2.05, 4.69) is 69.4 Å². The number of hydrogen-bond acceptors (Lipinski definition) is 2. The predicted octanol–water partition coefficient (Wildman–Crippen LogP) is 6.69. The van der Waals surface area contributed by atoms with Gasteiger partial charge in [-0.05, 0) is 40.2 Å². The zero-order valence-electron chi connectivity index (χ0n) is 20.7. The lowest BCUT2D eigenvalue weighted by molar-refractivity contribution is -0.127. The third-order valence-electron chi connectivity index (χ3n) is 6.88. The maximum absolute atomic E-state index is 13.6. The predicted molar refractivity (Wildman–Crippen MR) is 139 cm³/mol. The van der Waals surface area contributed by atoms with Crippen LogP contribution >= 0.6 is 0 Å². The fourth-order valence-electron chi connectivity index (χ4n) is 5.15. The van der Waals surface area contributed by atoms with Gasteiger partial charge in [0.15, 0.2) is 0 Å². The van der Waals surface area contributed by atoms with Gasteiger partial charge in [-0.15, -0.1) is 0 Å². The van der Waals surface area contributed by atoms with Gasteiger partial charge in [-0.3, -0.25) is 9.59 Å². The van der Waals surface area contributed by atoms with Gasteiger partial charge in [-0.1, -0.05) is 94.4 Å². The van der Waals surface area contributed by atoms with Crippen LogP contribution in [-0.2, 0) is 9.59 Å². The summed E-state index contributed by atoms with van der Waals surface area (Å²) >= 11 is 0. The van der Waals surface area contributed by atoms with Crippen molar-refractivity contribution in [2.75, 3.05) is 17.3 Å². The van der Waals surface area contributed by atoms with E-state index >= 15 is 0 Å². The van der Waals surface area contributed by atoms with Crippen molar-refractivity contribution in [3.05, 3.63) is 95.1 Å². The fourth-order valence-corrected chi connectivity index (χ4v) is 5.15. The number of carbonyl (C=O) groups is 2. The number of fused-ring (bicyclic) bond motifs is 1.